The Morgan fingerprint density at radius 1 is 1.21 bits per heavy atom. The summed E-state index contributed by atoms with van der Waals surface area (Å²) in [4.78, 5) is 1.93. The van der Waals surface area contributed by atoms with E-state index in [9.17, 15) is 0 Å². The molecule has 1 fully saturated rings. The normalized spacial score (nSPS) is 19.8. The van der Waals surface area contributed by atoms with Gasteiger partial charge < -0.3 is 4.81 Å². The van der Waals surface area contributed by atoms with Crippen molar-refractivity contribution in [3.05, 3.63) is 35.4 Å². The van der Waals surface area contributed by atoms with Crippen LogP contribution in [-0.4, -0.2) is 25.9 Å². The van der Waals surface area contributed by atoms with E-state index in [0.717, 1.165) is 19.0 Å². The molecule has 0 aliphatic carbocycles. The van der Waals surface area contributed by atoms with Crippen LogP contribution in [0.25, 0.3) is 0 Å². The van der Waals surface area contributed by atoms with Crippen molar-refractivity contribution in [1.82, 2.24) is 4.81 Å². The van der Waals surface area contributed by atoms with E-state index in [-0.39, 0.29) is 0 Å². The summed E-state index contributed by atoms with van der Waals surface area (Å²) in [5.41, 5.74) is 2.93. The molecule has 1 aliphatic rings. The summed E-state index contributed by atoms with van der Waals surface area (Å²) >= 11 is 0. The zero-order valence-electron chi connectivity index (χ0n) is 8.74. The van der Waals surface area contributed by atoms with Gasteiger partial charge in [0.15, 0.2) is 7.98 Å². The van der Waals surface area contributed by atoms with Crippen molar-refractivity contribution in [3.63, 3.8) is 0 Å². The highest BCUT2D eigenvalue weighted by molar-refractivity contribution is 6.04. The molecule has 0 atom stereocenters. The van der Waals surface area contributed by atoms with Gasteiger partial charge in [-0.3, -0.25) is 0 Å². The van der Waals surface area contributed by atoms with Gasteiger partial charge in [0.2, 0.25) is 0 Å². The van der Waals surface area contributed by atoms with Gasteiger partial charge in [-0.1, -0.05) is 24.3 Å². The fourth-order valence-electron chi connectivity index (χ4n) is 2.26. The van der Waals surface area contributed by atoms with E-state index in [4.69, 9.17) is 7.98 Å². The molecule has 0 amide bonds. The van der Waals surface area contributed by atoms with Crippen molar-refractivity contribution in [2.45, 2.75) is 25.7 Å². The summed E-state index contributed by atoms with van der Waals surface area (Å²) in [6.45, 7) is 4.25. The number of rotatable bonds is 1. The Kier molecular flexibility index (Phi) is 2.92. The Balaban J connectivity index is 2.12. The molecule has 0 bridgehead atoms. The van der Waals surface area contributed by atoms with Gasteiger partial charge in [0, 0.05) is 0 Å². The molecule has 72 valence electrons. The number of aryl methyl sites for hydroxylation is 1. The van der Waals surface area contributed by atoms with Crippen LogP contribution in [0.3, 0.4) is 0 Å². The van der Waals surface area contributed by atoms with Crippen LogP contribution >= 0.6 is 0 Å². The first kappa shape index (κ1) is 9.79. The summed E-state index contributed by atoms with van der Waals surface area (Å²) in [7, 11) is 5.75. The average Bonchev–Trinajstić information content (AvgIpc) is 2.20. The number of benzene rings is 1. The summed E-state index contributed by atoms with van der Waals surface area (Å²) in [6.07, 6.45) is 2.39. The number of nitrogens with zero attached hydrogens (tertiary/aromatic N) is 1. The van der Waals surface area contributed by atoms with E-state index < -0.39 is 0 Å². The summed E-state index contributed by atoms with van der Waals surface area (Å²) in [5, 5.41) is 0. The van der Waals surface area contributed by atoms with Crippen LogP contribution in [0.2, 0.25) is 0 Å². The van der Waals surface area contributed by atoms with Gasteiger partial charge >= 0.3 is 0 Å². The third-order valence-corrected chi connectivity index (χ3v) is 3.16. The molecule has 1 aromatic rings. The molecule has 1 aromatic carbocycles. The highest BCUT2D eigenvalue weighted by Crippen LogP contribution is 2.29. The zero-order chi connectivity index (χ0) is 9.97. The highest BCUT2D eigenvalue weighted by Gasteiger charge is 2.18. The number of hydrogen-bond donors (Lipinski definition) is 0. The first-order valence-corrected chi connectivity index (χ1v) is 5.32. The minimum atomic E-state index is 0.719. The molecule has 0 saturated carbocycles. The number of hydrogen-bond acceptors (Lipinski definition) is 1. The molecule has 2 radical (unpaired) electrons. The molecule has 0 unspecified atom stereocenters. The lowest BCUT2D eigenvalue weighted by atomic mass is 9.86. The van der Waals surface area contributed by atoms with Gasteiger partial charge in [-0.25, -0.2) is 0 Å². The van der Waals surface area contributed by atoms with E-state index in [1.807, 2.05) is 4.81 Å². The second-order valence-corrected chi connectivity index (χ2v) is 4.17. The summed E-state index contributed by atoms with van der Waals surface area (Å²) in [5.74, 6) is 0.719. The van der Waals surface area contributed by atoms with E-state index in [0.29, 0.717) is 0 Å². The quantitative estimate of drug-likeness (QED) is 0.606. The molecule has 1 nitrogen and oxygen atoms in total. The maximum atomic E-state index is 5.75. The second kappa shape index (κ2) is 4.18. The average molecular weight is 185 g/mol. The van der Waals surface area contributed by atoms with Crippen molar-refractivity contribution in [1.29, 1.82) is 0 Å². The van der Waals surface area contributed by atoms with Crippen LogP contribution in [0.15, 0.2) is 24.3 Å². The van der Waals surface area contributed by atoms with Crippen LogP contribution in [0.1, 0.15) is 29.9 Å². The molecule has 1 aliphatic heterocycles. The summed E-state index contributed by atoms with van der Waals surface area (Å²) < 4.78 is 0. The van der Waals surface area contributed by atoms with Crippen LogP contribution in [-0.2, 0) is 0 Å². The van der Waals surface area contributed by atoms with Crippen molar-refractivity contribution in [2.24, 2.45) is 0 Å². The number of piperidine rings is 1. The highest BCUT2D eigenvalue weighted by atomic mass is 15.0. The minimum absolute atomic E-state index is 0.719. The molecule has 1 heterocycles. The standard InChI is InChI=1S/C12H16BN/c1-10-4-2-3-5-12(10)11-6-8-14(13)9-7-11/h2-5,11H,6-9H2,1H3. The fraction of sp³-hybridized carbons (Fsp3) is 0.500. The Hall–Kier alpha value is -0.755. The Morgan fingerprint density at radius 2 is 1.86 bits per heavy atom. The Bertz CT molecular complexity index is 303. The maximum Gasteiger partial charge on any atom is 0.182 e. The first-order valence-electron chi connectivity index (χ1n) is 5.32. The molecule has 0 aromatic heterocycles. The molecule has 14 heavy (non-hydrogen) atoms. The van der Waals surface area contributed by atoms with Gasteiger partial charge in [0.1, 0.15) is 0 Å². The largest absolute Gasteiger partial charge is 0.353 e. The van der Waals surface area contributed by atoms with Gasteiger partial charge in [-0.2, -0.15) is 0 Å². The monoisotopic (exact) mass is 185 g/mol. The molecule has 2 heteroatoms. The summed E-state index contributed by atoms with van der Waals surface area (Å²) in [6, 6.07) is 8.70. The fourth-order valence-corrected chi connectivity index (χ4v) is 2.26. The second-order valence-electron chi connectivity index (χ2n) is 4.17. The molecular formula is C12H16BN. The van der Waals surface area contributed by atoms with Crippen LogP contribution < -0.4 is 0 Å². The molecular weight excluding hydrogens is 169 g/mol. The zero-order valence-corrected chi connectivity index (χ0v) is 8.74. The van der Waals surface area contributed by atoms with Crippen molar-refractivity contribution in [3.8, 4) is 0 Å². The predicted octanol–water partition coefficient (Wildman–Crippen LogP) is 2.26. The van der Waals surface area contributed by atoms with E-state index in [1.54, 1.807) is 0 Å². The Labute approximate surface area is 87.5 Å². The maximum absolute atomic E-state index is 5.75. The SMILES string of the molecule is [B]N1CCC(c2ccccc2C)CC1. The molecule has 1 saturated heterocycles. The van der Waals surface area contributed by atoms with Crippen LogP contribution in [0, 0.1) is 6.92 Å². The Morgan fingerprint density at radius 3 is 2.50 bits per heavy atom. The molecule has 0 spiro atoms. The molecule has 0 N–H and O–H groups in total. The topological polar surface area (TPSA) is 3.24 Å². The van der Waals surface area contributed by atoms with E-state index in [2.05, 4.69) is 31.2 Å². The van der Waals surface area contributed by atoms with Crippen molar-refractivity contribution >= 4 is 7.98 Å². The van der Waals surface area contributed by atoms with Crippen LogP contribution in [0.5, 0.6) is 0 Å². The van der Waals surface area contributed by atoms with E-state index >= 15 is 0 Å². The van der Waals surface area contributed by atoms with E-state index in [1.165, 1.54) is 24.0 Å². The van der Waals surface area contributed by atoms with Gasteiger partial charge in [-0.15, -0.1) is 0 Å². The van der Waals surface area contributed by atoms with Crippen molar-refractivity contribution in [2.75, 3.05) is 13.1 Å². The smallest absolute Gasteiger partial charge is 0.182 e. The minimum Gasteiger partial charge on any atom is -0.353 e. The first-order chi connectivity index (χ1) is 6.77. The predicted molar refractivity (Wildman–Crippen MR) is 60.5 cm³/mol. The van der Waals surface area contributed by atoms with Gasteiger partial charge in [-0.05, 0) is 49.9 Å². The van der Waals surface area contributed by atoms with Crippen molar-refractivity contribution < 1.29 is 0 Å². The molecule has 2 rings (SSSR count). The lowest BCUT2D eigenvalue weighted by molar-refractivity contribution is 0.334. The lowest BCUT2D eigenvalue weighted by Crippen LogP contribution is -2.30. The third-order valence-electron chi connectivity index (χ3n) is 3.16. The van der Waals surface area contributed by atoms with Crippen LogP contribution in [0.4, 0.5) is 0 Å². The van der Waals surface area contributed by atoms with Gasteiger partial charge in [0.05, 0.1) is 0 Å². The third kappa shape index (κ3) is 2.01. The lowest BCUT2D eigenvalue weighted by Gasteiger charge is -2.30. The van der Waals surface area contributed by atoms with Gasteiger partial charge in [0.25, 0.3) is 0 Å².